The summed E-state index contributed by atoms with van der Waals surface area (Å²) in [5, 5.41) is 19.1. The van der Waals surface area contributed by atoms with E-state index in [0.29, 0.717) is 17.9 Å². The van der Waals surface area contributed by atoms with E-state index in [4.69, 9.17) is 10.5 Å². The van der Waals surface area contributed by atoms with Gasteiger partial charge in [-0.15, -0.1) is 0 Å². The number of aromatic amines is 1. The second kappa shape index (κ2) is 15.6. The van der Waals surface area contributed by atoms with Crippen LogP contribution in [-0.4, -0.2) is 83.2 Å². The van der Waals surface area contributed by atoms with Crippen molar-refractivity contribution in [3.8, 4) is 11.1 Å². The van der Waals surface area contributed by atoms with Gasteiger partial charge in [0.15, 0.2) is 6.23 Å². The Balaban J connectivity index is 0.000000299. The summed E-state index contributed by atoms with van der Waals surface area (Å²) in [5.74, 6) is 0.701. The van der Waals surface area contributed by atoms with Crippen LogP contribution in [0.4, 0.5) is 4.79 Å². The second-order valence-corrected chi connectivity index (χ2v) is 13.2. The largest absolute Gasteiger partial charge is 0.387 e. The van der Waals surface area contributed by atoms with E-state index < -0.39 is 12.3 Å². The molecule has 1 unspecified atom stereocenters. The third-order valence-electron chi connectivity index (χ3n) is 6.74. The summed E-state index contributed by atoms with van der Waals surface area (Å²) in [7, 11) is 3.83. The summed E-state index contributed by atoms with van der Waals surface area (Å²) in [6, 6.07) is 7.63. The molecule has 0 saturated carbocycles. The molecule has 11 heteroatoms. The number of carbonyl (C=O) groups is 1. The van der Waals surface area contributed by atoms with Gasteiger partial charge in [0.05, 0.1) is 11.7 Å². The van der Waals surface area contributed by atoms with Crippen molar-refractivity contribution in [3.63, 3.8) is 0 Å². The molecule has 1 aliphatic rings. The Kier molecular flexibility index (Phi) is 13.1. The summed E-state index contributed by atoms with van der Waals surface area (Å²) in [6.07, 6.45) is 1.95. The Labute approximate surface area is 251 Å². The third kappa shape index (κ3) is 11.4. The lowest BCUT2D eigenvalue weighted by molar-refractivity contribution is -0.149. The van der Waals surface area contributed by atoms with Crippen LogP contribution in [-0.2, 0) is 16.7 Å². The summed E-state index contributed by atoms with van der Waals surface area (Å²) in [5.41, 5.74) is 7.53. The fourth-order valence-electron chi connectivity index (χ4n) is 4.45. The third-order valence-corrected chi connectivity index (χ3v) is 6.74. The number of aliphatic hydroxyl groups excluding tert-OH is 1. The molecule has 1 aromatic carbocycles. The van der Waals surface area contributed by atoms with Gasteiger partial charge < -0.3 is 41.4 Å². The number of amides is 2. The van der Waals surface area contributed by atoms with Crippen molar-refractivity contribution in [1.82, 2.24) is 30.8 Å². The minimum absolute atomic E-state index is 0.00395. The highest BCUT2D eigenvalue weighted by Gasteiger charge is 2.38. The molecule has 236 valence electrons. The molecule has 0 bridgehead atoms. The van der Waals surface area contributed by atoms with Crippen LogP contribution in [0.5, 0.6) is 0 Å². The Morgan fingerprint density at radius 2 is 1.81 bits per heavy atom. The minimum atomic E-state index is -0.739. The highest BCUT2D eigenvalue weighted by atomic mass is 16.5. The molecule has 3 rings (SSSR count). The summed E-state index contributed by atoms with van der Waals surface area (Å²) >= 11 is 0. The van der Waals surface area contributed by atoms with Crippen LogP contribution in [0.2, 0.25) is 0 Å². The predicted octanol–water partition coefficient (Wildman–Crippen LogP) is 2.68. The molecule has 2 amide bonds. The SMILES string of the molecule is CC(C)(C)c1ncc(-c2ccc(CNCCCN)cc2)c(=O)[nH]1.C[C@@H]1C[C@H](N(C)C)[C@@H](O)C(NC(=O)NC(C)(C)C)O1. The van der Waals surface area contributed by atoms with Crippen molar-refractivity contribution in [3.05, 3.63) is 52.2 Å². The summed E-state index contributed by atoms with van der Waals surface area (Å²) < 4.78 is 5.62. The van der Waals surface area contributed by atoms with E-state index in [-0.39, 0.29) is 34.7 Å². The van der Waals surface area contributed by atoms with Crippen molar-refractivity contribution in [2.45, 2.75) is 103 Å². The number of nitrogens with one attached hydrogen (secondary N) is 4. The molecule has 11 nitrogen and oxygen atoms in total. The normalized spacial score (nSPS) is 21.0. The van der Waals surface area contributed by atoms with Gasteiger partial charge in [-0.2, -0.15) is 0 Å². The van der Waals surface area contributed by atoms with Gasteiger partial charge in [0, 0.05) is 29.7 Å². The van der Waals surface area contributed by atoms with E-state index in [1.54, 1.807) is 6.20 Å². The molecular formula is C31H53N7O4. The van der Waals surface area contributed by atoms with Crippen LogP contribution < -0.4 is 27.2 Å². The highest BCUT2D eigenvalue weighted by molar-refractivity contribution is 5.74. The number of aliphatic hydroxyl groups is 1. The molecule has 7 N–H and O–H groups in total. The number of nitrogens with two attached hydrogens (primary N) is 1. The topological polar surface area (TPSA) is 158 Å². The number of ether oxygens (including phenoxy) is 1. The predicted molar refractivity (Wildman–Crippen MR) is 168 cm³/mol. The zero-order valence-corrected chi connectivity index (χ0v) is 26.9. The quantitative estimate of drug-likeness (QED) is 0.257. The number of benzene rings is 1. The molecule has 1 aromatic heterocycles. The van der Waals surface area contributed by atoms with Gasteiger partial charge in [-0.3, -0.25) is 4.79 Å². The lowest BCUT2D eigenvalue weighted by atomic mass is 9.95. The maximum Gasteiger partial charge on any atom is 0.317 e. The lowest BCUT2D eigenvalue weighted by Gasteiger charge is -2.41. The molecule has 0 aliphatic carbocycles. The first-order valence-electron chi connectivity index (χ1n) is 14.7. The first kappa shape index (κ1) is 35.4. The van der Waals surface area contributed by atoms with Gasteiger partial charge in [0.2, 0.25) is 0 Å². The van der Waals surface area contributed by atoms with Crippen molar-refractivity contribution in [1.29, 1.82) is 0 Å². The van der Waals surface area contributed by atoms with E-state index >= 15 is 0 Å². The van der Waals surface area contributed by atoms with Crippen LogP contribution in [0.25, 0.3) is 11.1 Å². The zero-order valence-electron chi connectivity index (χ0n) is 26.9. The zero-order chi connectivity index (χ0) is 31.7. The van der Waals surface area contributed by atoms with Crippen molar-refractivity contribution in [2.24, 2.45) is 5.73 Å². The lowest BCUT2D eigenvalue weighted by Crippen LogP contribution is -2.61. The number of rotatable bonds is 8. The number of H-pyrrole nitrogens is 1. The van der Waals surface area contributed by atoms with Gasteiger partial charge in [-0.05, 0) is 78.8 Å². The first-order chi connectivity index (χ1) is 19.5. The van der Waals surface area contributed by atoms with Crippen LogP contribution in [0.3, 0.4) is 0 Å². The Hall–Kier alpha value is -2.83. The summed E-state index contributed by atoms with van der Waals surface area (Å²) in [6.45, 7) is 16.1. The van der Waals surface area contributed by atoms with Gasteiger partial charge in [0.1, 0.15) is 11.9 Å². The molecule has 42 heavy (non-hydrogen) atoms. The number of urea groups is 1. The maximum absolute atomic E-state index is 12.3. The van der Waals surface area contributed by atoms with Crippen LogP contribution in [0.15, 0.2) is 35.3 Å². The number of hydrogen-bond donors (Lipinski definition) is 6. The van der Waals surface area contributed by atoms with E-state index in [0.717, 1.165) is 31.5 Å². The average Bonchev–Trinajstić information content (AvgIpc) is 2.87. The van der Waals surface area contributed by atoms with E-state index in [1.165, 1.54) is 5.56 Å². The molecular weight excluding hydrogens is 534 g/mol. The van der Waals surface area contributed by atoms with Gasteiger partial charge in [-0.1, -0.05) is 45.0 Å². The smallest absolute Gasteiger partial charge is 0.317 e. The average molecular weight is 588 g/mol. The Morgan fingerprint density at radius 1 is 1.17 bits per heavy atom. The van der Waals surface area contributed by atoms with Crippen molar-refractivity contribution in [2.75, 3.05) is 27.2 Å². The Bertz CT molecular complexity index is 1170. The molecule has 1 saturated heterocycles. The number of hydrogen-bond acceptors (Lipinski definition) is 8. The molecule has 4 atom stereocenters. The molecule has 1 aliphatic heterocycles. The van der Waals surface area contributed by atoms with Crippen molar-refractivity contribution < 1.29 is 14.6 Å². The molecule has 1 fully saturated rings. The van der Waals surface area contributed by atoms with Crippen LogP contribution in [0, 0.1) is 0 Å². The van der Waals surface area contributed by atoms with Crippen LogP contribution in [0.1, 0.15) is 72.7 Å². The van der Waals surface area contributed by atoms with Gasteiger partial charge in [-0.25, -0.2) is 9.78 Å². The minimum Gasteiger partial charge on any atom is -0.387 e. The second-order valence-electron chi connectivity index (χ2n) is 13.2. The maximum atomic E-state index is 12.3. The fourth-order valence-corrected chi connectivity index (χ4v) is 4.45. The molecule has 2 aromatic rings. The first-order valence-corrected chi connectivity index (χ1v) is 14.7. The van der Waals surface area contributed by atoms with E-state index in [1.807, 2.05) is 91.7 Å². The number of nitrogens with zero attached hydrogens (tertiary/aromatic N) is 2. The number of aromatic nitrogens is 2. The standard InChI is InChI=1S/C18H26N4O.C13H27N3O3/c1-18(2,3)17-21-12-15(16(23)22-17)14-7-5-13(6-8-14)11-20-10-4-9-19;1-8-7-9(16(5)6)10(17)11(19-8)14-12(18)15-13(2,3)4/h5-8,12,20H,4,9-11,19H2,1-3H3,(H,21,22,23);8-11,17H,7H2,1-6H3,(H2,14,15,18)/t;8-,9+,10-,11?/m.1/s1. The van der Waals surface area contributed by atoms with Crippen LogP contribution >= 0.6 is 0 Å². The number of carbonyl (C=O) groups excluding carboxylic acids is 1. The van der Waals surface area contributed by atoms with Crippen molar-refractivity contribution >= 4 is 6.03 Å². The van der Waals surface area contributed by atoms with Gasteiger partial charge >= 0.3 is 6.03 Å². The van der Waals surface area contributed by atoms with Gasteiger partial charge in [0.25, 0.3) is 5.56 Å². The monoisotopic (exact) mass is 587 g/mol. The molecule has 0 spiro atoms. The molecule has 0 radical (unpaired) electrons. The highest BCUT2D eigenvalue weighted by Crippen LogP contribution is 2.22. The van der Waals surface area contributed by atoms with E-state index in [2.05, 4.69) is 25.9 Å². The number of likely N-dealkylation sites (N-methyl/N-ethyl adjacent to an activating group) is 1. The summed E-state index contributed by atoms with van der Waals surface area (Å²) in [4.78, 5) is 33.4. The van der Waals surface area contributed by atoms with E-state index in [9.17, 15) is 14.7 Å². The Morgan fingerprint density at radius 3 is 2.33 bits per heavy atom. The molecule has 2 heterocycles. The fraction of sp³-hybridized carbons (Fsp3) is 0.645.